The van der Waals surface area contributed by atoms with Crippen LogP contribution in [0.15, 0.2) is 78.9 Å². The number of hydrogen-bond acceptors (Lipinski definition) is 2. The number of ether oxygens (including phenoxy) is 1. The number of hydrogen-bond donors (Lipinski definition) is 2. The Morgan fingerprint density at radius 3 is 2.44 bits per heavy atom. The molecule has 2 N–H and O–H groups in total. The fraction of sp³-hybridized carbons (Fsp3) is 0.167. The highest BCUT2D eigenvalue weighted by molar-refractivity contribution is 6.04. The van der Waals surface area contributed by atoms with Gasteiger partial charge in [0.25, 0.3) is 0 Å². The van der Waals surface area contributed by atoms with Crippen LogP contribution in [0.5, 0.6) is 5.75 Å². The van der Waals surface area contributed by atoms with E-state index in [4.69, 9.17) is 4.74 Å². The van der Waals surface area contributed by atoms with Crippen LogP contribution in [0.25, 0.3) is 32.8 Å². The molecule has 0 aliphatic rings. The third-order valence-electron chi connectivity index (χ3n) is 6.50. The molecule has 0 aliphatic carbocycles. The van der Waals surface area contributed by atoms with Gasteiger partial charge in [-0.05, 0) is 60.4 Å². The maximum Gasteiger partial charge on any atom is 0.352 e. The van der Waals surface area contributed by atoms with Crippen molar-refractivity contribution in [3.8, 4) is 16.9 Å². The molecule has 0 bridgehead atoms. The number of aromatic nitrogens is 1. The largest absolute Gasteiger partial charge is 0.493 e. The molecule has 0 fully saturated rings. The van der Waals surface area contributed by atoms with Gasteiger partial charge in [0, 0.05) is 16.3 Å². The van der Waals surface area contributed by atoms with Gasteiger partial charge >= 0.3 is 5.97 Å². The summed E-state index contributed by atoms with van der Waals surface area (Å²) in [6.07, 6.45) is 1.33. The van der Waals surface area contributed by atoms with E-state index in [1.54, 1.807) is 0 Å². The van der Waals surface area contributed by atoms with Gasteiger partial charge in [-0.1, -0.05) is 72.8 Å². The molecule has 5 rings (SSSR count). The molecule has 34 heavy (non-hydrogen) atoms. The lowest BCUT2D eigenvalue weighted by Gasteiger charge is -2.11. The molecule has 0 atom stereocenters. The third-order valence-corrected chi connectivity index (χ3v) is 6.50. The van der Waals surface area contributed by atoms with Crippen LogP contribution in [-0.2, 0) is 6.42 Å². The molecule has 0 radical (unpaired) electrons. The first-order chi connectivity index (χ1) is 16.5. The van der Waals surface area contributed by atoms with Crippen LogP contribution in [0.2, 0.25) is 0 Å². The van der Waals surface area contributed by atoms with Gasteiger partial charge in [0.05, 0.1) is 12.1 Å². The molecule has 0 saturated heterocycles. The highest BCUT2D eigenvalue weighted by atomic mass is 16.5. The predicted octanol–water partition coefficient (Wildman–Crippen LogP) is 7.31. The molecular weight excluding hydrogens is 422 g/mol. The standard InChI is InChI=1S/C30H27NO3/c1-19-9-3-5-12-22(19)27-20(2)16-17-25-24(29(30(32)33)31-28(25)27)14-8-18-34-26-15-7-11-21-10-4-6-13-23(21)26/h3-7,9-13,15-17,31H,8,14,18H2,1-2H3,(H,32,33). The number of aryl methyl sites for hydroxylation is 3. The van der Waals surface area contributed by atoms with Crippen molar-refractivity contribution in [2.75, 3.05) is 6.61 Å². The molecule has 0 spiro atoms. The average molecular weight is 450 g/mol. The van der Waals surface area contributed by atoms with Gasteiger partial charge in [0.1, 0.15) is 11.4 Å². The SMILES string of the molecule is Cc1ccccc1-c1c(C)ccc2c(CCCOc3cccc4ccccc34)c(C(=O)O)[nH]c12. The number of aromatic amines is 1. The number of rotatable bonds is 7. The number of carbonyl (C=O) groups is 1. The number of aromatic carboxylic acids is 1. The smallest absolute Gasteiger partial charge is 0.352 e. The Balaban J connectivity index is 1.45. The Kier molecular flexibility index (Phi) is 5.81. The Bertz CT molecular complexity index is 1510. The van der Waals surface area contributed by atoms with Crippen molar-refractivity contribution in [1.29, 1.82) is 0 Å². The van der Waals surface area contributed by atoms with Gasteiger partial charge in [0.15, 0.2) is 0 Å². The van der Waals surface area contributed by atoms with E-state index in [0.717, 1.165) is 55.2 Å². The zero-order valence-electron chi connectivity index (χ0n) is 19.4. The minimum absolute atomic E-state index is 0.264. The summed E-state index contributed by atoms with van der Waals surface area (Å²) < 4.78 is 6.10. The molecule has 0 aliphatic heterocycles. The van der Waals surface area contributed by atoms with Crippen molar-refractivity contribution in [2.24, 2.45) is 0 Å². The number of carboxylic acids is 1. The molecule has 4 heteroatoms. The molecule has 0 amide bonds. The Hall–Kier alpha value is -4.05. The summed E-state index contributed by atoms with van der Waals surface area (Å²) in [5.41, 5.74) is 6.45. The van der Waals surface area contributed by atoms with E-state index in [1.807, 2.05) is 42.5 Å². The Morgan fingerprint density at radius 2 is 1.62 bits per heavy atom. The first kappa shape index (κ1) is 21.8. The number of benzene rings is 4. The zero-order chi connectivity index (χ0) is 23.7. The maximum atomic E-state index is 12.1. The van der Waals surface area contributed by atoms with Crippen LogP contribution in [0.4, 0.5) is 0 Å². The molecule has 4 aromatic carbocycles. The monoisotopic (exact) mass is 449 g/mol. The molecular formula is C30H27NO3. The summed E-state index contributed by atoms with van der Waals surface area (Å²) in [4.78, 5) is 15.4. The molecule has 170 valence electrons. The Labute approximate surface area is 198 Å². The maximum absolute atomic E-state index is 12.1. The van der Waals surface area contributed by atoms with Crippen molar-refractivity contribution >= 4 is 27.6 Å². The van der Waals surface area contributed by atoms with Crippen LogP contribution < -0.4 is 4.74 Å². The van der Waals surface area contributed by atoms with E-state index in [9.17, 15) is 9.90 Å². The summed E-state index contributed by atoms with van der Waals surface area (Å²) in [6, 6.07) is 26.5. The van der Waals surface area contributed by atoms with Crippen molar-refractivity contribution < 1.29 is 14.6 Å². The molecule has 0 saturated carbocycles. The molecule has 5 aromatic rings. The fourth-order valence-electron chi connectivity index (χ4n) is 4.82. The second-order valence-corrected chi connectivity index (χ2v) is 8.71. The Morgan fingerprint density at radius 1 is 0.853 bits per heavy atom. The molecule has 1 heterocycles. The van der Waals surface area contributed by atoms with E-state index in [1.165, 1.54) is 0 Å². The van der Waals surface area contributed by atoms with Crippen LogP contribution >= 0.6 is 0 Å². The second kappa shape index (κ2) is 9.06. The van der Waals surface area contributed by atoms with Crippen LogP contribution in [-0.4, -0.2) is 22.7 Å². The zero-order valence-corrected chi connectivity index (χ0v) is 19.4. The fourth-order valence-corrected chi connectivity index (χ4v) is 4.82. The van der Waals surface area contributed by atoms with E-state index in [2.05, 4.69) is 55.2 Å². The topological polar surface area (TPSA) is 62.3 Å². The van der Waals surface area contributed by atoms with Crippen molar-refractivity contribution in [3.63, 3.8) is 0 Å². The lowest BCUT2D eigenvalue weighted by molar-refractivity contribution is 0.0690. The number of fused-ring (bicyclic) bond motifs is 2. The third kappa shape index (κ3) is 3.92. The van der Waals surface area contributed by atoms with Crippen LogP contribution in [0, 0.1) is 13.8 Å². The first-order valence-electron chi connectivity index (χ1n) is 11.6. The van der Waals surface area contributed by atoms with E-state index >= 15 is 0 Å². The minimum atomic E-state index is -0.936. The number of carboxylic acid groups (broad SMARTS) is 1. The molecule has 0 unspecified atom stereocenters. The summed E-state index contributed by atoms with van der Waals surface area (Å²) in [5, 5.41) is 13.1. The average Bonchev–Trinajstić information content (AvgIpc) is 3.21. The van der Waals surface area contributed by atoms with Gasteiger partial charge in [-0.25, -0.2) is 4.79 Å². The van der Waals surface area contributed by atoms with Gasteiger partial charge in [-0.2, -0.15) is 0 Å². The van der Waals surface area contributed by atoms with Crippen molar-refractivity contribution in [1.82, 2.24) is 4.98 Å². The van der Waals surface area contributed by atoms with Crippen LogP contribution in [0.3, 0.4) is 0 Å². The van der Waals surface area contributed by atoms with Crippen molar-refractivity contribution in [3.05, 3.63) is 101 Å². The van der Waals surface area contributed by atoms with Crippen molar-refractivity contribution in [2.45, 2.75) is 26.7 Å². The minimum Gasteiger partial charge on any atom is -0.493 e. The van der Waals surface area contributed by atoms with E-state index < -0.39 is 5.97 Å². The van der Waals surface area contributed by atoms with Gasteiger partial charge in [-0.3, -0.25) is 0 Å². The summed E-state index contributed by atoms with van der Waals surface area (Å²) in [7, 11) is 0. The number of H-pyrrole nitrogens is 1. The summed E-state index contributed by atoms with van der Waals surface area (Å²) in [6.45, 7) is 4.66. The number of nitrogens with one attached hydrogen (secondary N) is 1. The summed E-state index contributed by atoms with van der Waals surface area (Å²) in [5.74, 6) is -0.0810. The first-order valence-corrected chi connectivity index (χ1v) is 11.6. The quantitative estimate of drug-likeness (QED) is 0.256. The highest BCUT2D eigenvalue weighted by Crippen LogP contribution is 2.36. The lowest BCUT2D eigenvalue weighted by Crippen LogP contribution is -2.04. The van der Waals surface area contributed by atoms with E-state index in [-0.39, 0.29) is 5.69 Å². The summed E-state index contributed by atoms with van der Waals surface area (Å²) >= 11 is 0. The van der Waals surface area contributed by atoms with E-state index in [0.29, 0.717) is 19.4 Å². The molecule has 4 nitrogen and oxygen atoms in total. The van der Waals surface area contributed by atoms with Gasteiger partial charge in [0.2, 0.25) is 0 Å². The van der Waals surface area contributed by atoms with Gasteiger partial charge < -0.3 is 14.8 Å². The highest BCUT2D eigenvalue weighted by Gasteiger charge is 2.20. The second-order valence-electron chi connectivity index (χ2n) is 8.71. The lowest BCUT2D eigenvalue weighted by atomic mass is 9.93. The van der Waals surface area contributed by atoms with Crippen LogP contribution in [0.1, 0.15) is 33.6 Å². The molecule has 1 aromatic heterocycles. The van der Waals surface area contributed by atoms with Gasteiger partial charge in [-0.15, -0.1) is 0 Å². The normalized spacial score (nSPS) is 11.2. The predicted molar refractivity (Wildman–Crippen MR) is 138 cm³/mol.